The maximum atomic E-state index is 12.0. The molecule has 2 aromatic rings. The van der Waals surface area contributed by atoms with Gasteiger partial charge in [-0.05, 0) is 23.6 Å². The van der Waals surface area contributed by atoms with Gasteiger partial charge in [0.1, 0.15) is 0 Å². The zero-order chi connectivity index (χ0) is 19.5. The topological polar surface area (TPSA) is 72.5 Å². The highest BCUT2D eigenvalue weighted by molar-refractivity contribution is 5.98. The van der Waals surface area contributed by atoms with Crippen LogP contribution in [0.4, 0.5) is 0 Å². The fourth-order valence-electron chi connectivity index (χ4n) is 2.31. The molecule has 2 aromatic carbocycles. The predicted octanol–water partition coefficient (Wildman–Crippen LogP) is 3.19. The summed E-state index contributed by atoms with van der Waals surface area (Å²) < 4.78 is 4.97. The van der Waals surface area contributed by atoms with Crippen LogP contribution >= 0.6 is 0 Å². The fraction of sp³-hybridized carbons (Fsp3) is 0.227. The number of rotatable bonds is 9. The minimum Gasteiger partial charge on any atom is -0.457 e. The Labute approximate surface area is 159 Å². The van der Waals surface area contributed by atoms with Crippen molar-refractivity contribution in [1.29, 1.82) is 0 Å². The lowest BCUT2D eigenvalue weighted by Crippen LogP contribution is -2.25. The van der Waals surface area contributed by atoms with Crippen molar-refractivity contribution < 1.29 is 19.1 Å². The molecule has 0 unspecified atom stereocenters. The fourth-order valence-corrected chi connectivity index (χ4v) is 2.31. The molecule has 0 spiro atoms. The van der Waals surface area contributed by atoms with Crippen molar-refractivity contribution in [3.63, 3.8) is 0 Å². The Morgan fingerprint density at radius 2 is 1.70 bits per heavy atom. The van der Waals surface area contributed by atoms with Gasteiger partial charge in [0.15, 0.2) is 12.4 Å². The van der Waals surface area contributed by atoms with Gasteiger partial charge in [0.2, 0.25) is 5.91 Å². The number of amides is 1. The molecule has 5 nitrogen and oxygen atoms in total. The number of esters is 1. The first-order valence-corrected chi connectivity index (χ1v) is 8.87. The number of nitrogens with one attached hydrogen (secondary N) is 1. The summed E-state index contributed by atoms with van der Waals surface area (Å²) in [6.45, 7) is 1.89. The van der Waals surface area contributed by atoms with Crippen molar-refractivity contribution in [1.82, 2.24) is 5.32 Å². The van der Waals surface area contributed by atoms with Crippen LogP contribution in [0.3, 0.4) is 0 Å². The SMILES string of the molecule is CCc1ccc(C(=O)COC(=O)CCNC(=O)/C=C/c2ccccc2)cc1. The highest BCUT2D eigenvalue weighted by Crippen LogP contribution is 2.06. The van der Waals surface area contributed by atoms with Crippen LogP contribution in [0.25, 0.3) is 6.08 Å². The number of benzene rings is 2. The van der Waals surface area contributed by atoms with Gasteiger partial charge >= 0.3 is 5.97 Å². The van der Waals surface area contributed by atoms with Gasteiger partial charge in [0.25, 0.3) is 0 Å². The number of ether oxygens (including phenoxy) is 1. The summed E-state index contributed by atoms with van der Waals surface area (Å²) in [6.07, 6.45) is 4.00. The van der Waals surface area contributed by atoms with E-state index in [1.807, 2.05) is 49.4 Å². The normalized spacial score (nSPS) is 10.6. The Morgan fingerprint density at radius 3 is 2.37 bits per heavy atom. The lowest BCUT2D eigenvalue weighted by Gasteiger charge is -2.05. The van der Waals surface area contributed by atoms with Gasteiger partial charge < -0.3 is 10.1 Å². The maximum Gasteiger partial charge on any atom is 0.308 e. The molecule has 1 N–H and O–H groups in total. The molecule has 0 saturated carbocycles. The van der Waals surface area contributed by atoms with Crippen molar-refractivity contribution in [3.05, 3.63) is 77.4 Å². The number of hydrogen-bond donors (Lipinski definition) is 1. The standard InChI is InChI=1S/C22H23NO4/c1-2-17-8-11-19(12-9-17)20(24)16-27-22(26)14-15-23-21(25)13-10-18-6-4-3-5-7-18/h3-13H,2,14-16H2,1H3,(H,23,25)/b13-10+. The zero-order valence-corrected chi connectivity index (χ0v) is 15.3. The van der Waals surface area contributed by atoms with Crippen LogP contribution in [-0.4, -0.2) is 30.8 Å². The van der Waals surface area contributed by atoms with E-state index >= 15 is 0 Å². The van der Waals surface area contributed by atoms with Gasteiger partial charge in [-0.3, -0.25) is 14.4 Å². The van der Waals surface area contributed by atoms with Crippen LogP contribution in [0.5, 0.6) is 0 Å². The Bertz CT molecular complexity index is 795. The van der Waals surface area contributed by atoms with Gasteiger partial charge in [-0.2, -0.15) is 0 Å². The second kappa shape index (κ2) is 10.7. The molecule has 0 heterocycles. The zero-order valence-electron chi connectivity index (χ0n) is 15.3. The monoisotopic (exact) mass is 365 g/mol. The van der Waals surface area contributed by atoms with E-state index in [1.165, 1.54) is 6.08 Å². The van der Waals surface area contributed by atoms with E-state index in [-0.39, 0.29) is 31.3 Å². The summed E-state index contributed by atoms with van der Waals surface area (Å²) in [5.74, 6) is -1.07. The van der Waals surface area contributed by atoms with Crippen LogP contribution in [0.1, 0.15) is 34.8 Å². The molecular formula is C22H23NO4. The van der Waals surface area contributed by atoms with Crippen molar-refractivity contribution in [2.24, 2.45) is 0 Å². The lowest BCUT2D eigenvalue weighted by molar-refractivity contribution is -0.142. The Kier molecular flexibility index (Phi) is 7.97. The first-order chi connectivity index (χ1) is 13.1. The Balaban J connectivity index is 1.66. The molecule has 0 aliphatic carbocycles. The van der Waals surface area contributed by atoms with E-state index in [0.717, 1.165) is 17.5 Å². The van der Waals surface area contributed by atoms with Crippen LogP contribution < -0.4 is 5.32 Å². The molecule has 5 heteroatoms. The smallest absolute Gasteiger partial charge is 0.308 e. The van der Waals surface area contributed by atoms with E-state index in [9.17, 15) is 14.4 Å². The number of Topliss-reactive ketones (excluding diaryl/α,β-unsaturated/α-hetero) is 1. The molecular weight excluding hydrogens is 342 g/mol. The third-order valence-corrected chi connectivity index (χ3v) is 3.90. The predicted molar refractivity (Wildman–Crippen MR) is 104 cm³/mol. The quantitative estimate of drug-likeness (QED) is 0.421. The van der Waals surface area contributed by atoms with Crippen molar-refractivity contribution in [2.75, 3.05) is 13.2 Å². The number of carbonyl (C=O) groups excluding carboxylic acids is 3. The molecule has 0 saturated heterocycles. The summed E-state index contributed by atoms with van der Waals surface area (Å²) in [4.78, 5) is 35.4. The van der Waals surface area contributed by atoms with Gasteiger partial charge in [0, 0.05) is 18.2 Å². The van der Waals surface area contributed by atoms with Crippen molar-refractivity contribution in [3.8, 4) is 0 Å². The van der Waals surface area contributed by atoms with Crippen LogP contribution in [0.2, 0.25) is 0 Å². The third-order valence-electron chi connectivity index (χ3n) is 3.90. The van der Waals surface area contributed by atoms with Crippen LogP contribution in [-0.2, 0) is 20.7 Å². The summed E-state index contributed by atoms with van der Waals surface area (Å²) in [7, 11) is 0. The number of ketones is 1. The van der Waals surface area contributed by atoms with Crippen molar-refractivity contribution in [2.45, 2.75) is 19.8 Å². The molecule has 0 atom stereocenters. The van der Waals surface area contributed by atoms with Gasteiger partial charge in [0.05, 0.1) is 6.42 Å². The van der Waals surface area contributed by atoms with Gasteiger partial charge in [-0.15, -0.1) is 0 Å². The molecule has 0 aliphatic rings. The molecule has 0 aromatic heterocycles. The lowest BCUT2D eigenvalue weighted by atomic mass is 10.1. The first kappa shape index (κ1) is 20.1. The minimum absolute atomic E-state index is 0.00691. The summed E-state index contributed by atoms with van der Waals surface area (Å²) in [6, 6.07) is 16.7. The van der Waals surface area contributed by atoms with Gasteiger partial charge in [-0.25, -0.2) is 0 Å². The van der Waals surface area contributed by atoms with Crippen molar-refractivity contribution >= 4 is 23.7 Å². The van der Waals surface area contributed by atoms with E-state index in [0.29, 0.717) is 5.56 Å². The van der Waals surface area contributed by atoms with Crippen LogP contribution in [0, 0.1) is 0 Å². The number of hydrogen-bond acceptors (Lipinski definition) is 4. The highest BCUT2D eigenvalue weighted by Gasteiger charge is 2.10. The van der Waals surface area contributed by atoms with E-state index in [4.69, 9.17) is 4.74 Å². The number of aryl methyl sites for hydroxylation is 1. The second-order valence-corrected chi connectivity index (χ2v) is 5.92. The summed E-state index contributed by atoms with van der Waals surface area (Å²) >= 11 is 0. The molecule has 27 heavy (non-hydrogen) atoms. The Hall–Kier alpha value is -3.21. The molecule has 0 bridgehead atoms. The highest BCUT2D eigenvalue weighted by atomic mass is 16.5. The third kappa shape index (κ3) is 7.28. The average Bonchev–Trinajstić information content (AvgIpc) is 2.71. The van der Waals surface area contributed by atoms with E-state index in [1.54, 1.807) is 18.2 Å². The van der Waals surface area contributed by atoms with Gasteiger partial charge in [-0.1, -0.05) is 61.5 Å². The minimum atomic E-state index is -0.527. The largest absolute Gasteiger partial charge is 0.457 e. The first-order valence-electron chi connectivity index (χ1n) is 8.87. The summed E-state index contributed by atoms with van der Waals surface area (Å²) in [5.41, 5.74) is 2.57. The molecule has 1 amide bonds. The summed E-state index contributed by atoms with van der Waals surface area (Å²) in [5, 5.41) is 2.60. The number of carbonyl (C=O) groups is 3. The van der Waals surface area contributed by atoms with Crippen LogP contribution in [0.15, 0.2) is 60.7 Å². The molecule has 0 aliphatic heterocycles. The van der Waals surface area contributed by atoms with E-state index in [2.05, 4.69) is 5.32 Å². The molecule has 2 rings (SSSR count). The second-order valence-electron chi connectivity index (χ2n) is 5.92. The van der Waals surface area contributed by atoms with E-state index < -0.39 is 5.97 Å². The maximum absolute atomic E-state index is 12.0. The average molecular weight is 365 g/mol. The molecule has 0 radical (unpaired) electrons. The Morgan fingerprint density at radius 1 is 1.00 bits per heavy atom. The molecule has 0 fully saturated rings. The molecule has 140 valence electrons.